The topological polar surface area (TPSA) is 17.1 Å². The molecule has 0 radical (unpaired) electrons. The second-order valence-electron chi connectivity index (χ2n) is 4.96. The molecule has 1 unspecified atom stereocenters. The quantitative estimate of drug-likeness (QED) is 0.677. The summed E-state index contributed by atoms with van der Waals surface area (Å²) in [5.74, 6) is 0. The predicted octanol–water partition coefficient (Wildman–Crippen LogP) is 3.73. The van der Waals surface area contributed by atoms with Gasteiger partial charge in [-0.2, -0.15) is 0 Å². The van der Waals surface area contributed by atoms with Crippen LogP contribution < -0.4 is 0 Å². The summed E-state index contributed by atoms with van der Waals surface area (Å²) < 4.78 is 14.6. The van der Waals surface area contributed by atoms with Crippen molar-refractivity contribution in [1.82, 2.24) is 0 Å². The van der Waals surface area contributed by atoms with Crippen LogP contribution in [0.4, 0.5) is 4.39 Å². The molecule has 0 saturated carbocycles. The van der Waals surface area contributed by atoms with Gasteiger partial charge in [-0.25, -0.2) is 4.39 Å². The number of halogens is 1. The maximum Gasteiger partial charge on any atom is 0.150 e. The van der Waals surface area contributed by atoms with Gasteiger partial charge in [0.1, 0.15) is 12.0 Å². The molecule has 0 saturated heterocycles. The van der Waals surface area contributed by atoms with Gasteiger partial charge in [-0.15, -0.1) is 0 Å². The summed E-state index contributed by atoms with van der Waals surface area (Å²) in [6.07, 6.45) is 0.707. The molecule has 2 heteroatoms. The second kappa shape index (κ2) is 3.76. The van der Waals surface area contributed by atoms with E-state index in [-0.39, 0.29) is 0 Å². The summed E-state index contributed by atoms with van der Waals surface area (Å²) in [5, 5.41) is 0. The van der Waals surface area contributed by atoms with Crippen LogP contribution in [-0.4, -0.2) is 6.29 Å². The van der Waals surface area contributed by atoms with E-state index in [2.05, 4.69) is 0 Å². The minimum Gasteiger partial charge on any atom is -0.298 e. The molecular formula is C13H17FO. The number of carbonyl (C=O) groups excluding carboxylic acids is 1. The molecule has 1 rings (SSSR count). The summed E-state index contributed by atoms with van der Waals surface area (Å²) in [7, 11) is 0. The third-order valence-electron chi connectivity index (χ3n) is 3.00. The fraction of sp³-hybridized carbons (Fsp3) is 0.462. The van der Waals surface area contributed by atoms with Crippen molar-refractivity contribution in [3.05, 3.63) is 35.4 Å². The van der Waals surface area contributed by atoms with Crippen molar-refractivity contribution in [3.8, 4) is 0 Å². The minimum absolute atomic E-state index is 0.428. The maximum absolute atomic E-state index is 14.6. The lowest BCUT2D eigenvalue weighted by atomic mass is 9.74. The van der Waals surface area contributed by atoms with Gasteiger partial charge in [0.2, 0.25) is 0 Å². The summed E-state index contributed by atoms with van der Waals surface area (Å²) in [5.41, 5.74) is -1.15. The average molecular weight is 208 g/mol. The van der Waals surface area contributed by atoms with Gasteiger partial charge in [-0.05, 0) is 17.9 Å². The molecule has 1 atom stereocenters. The number of alkyl halides is 1. The molecule has 1 aromatic rings. The lowest BCUT2D eigenvalue weighted by Gasteiger charge is -2.35. The van der Waals surface area contributed by atoms with Gasteiger partial charge in [0.05, 0.1) is 0 Å². The van der Waals surface area contributed by atoms with Gasteiger partial charge < -0.3 is 0 Å². The van der Waals surface area contributed by atoms with E-state index in [1.807, 2.05) is 20.8 Å². The molecule has 0 aliphatic heterocycles. The Morgan fingerprint density at radius 3 is 2.13 bits per heavy atom. The van der Waals surface area contributed by atoms with Crippen molar-refractivity contribution < 1.29 is 9.18 Å². The van der Waals surface area contributed by atoms with E-state index in [1.54, 1.807) is 24.3 Å². The Hall–Kier alpha value is -1.18. The standard InChI is InChI=1S/C13H17FO/c1-12(2,3)13(4,14)11-8-6-5-7-10(11)9-15/h5-9H,1-4H3. The SMILES string of the molecule is CC(C)(C)C(C)(F)c1ccccc1C=O. The van der Waals surface area contributed by atoms with E-state index in [0.717, 1.165) is 0 Å². The third kappa shape index (κ3) is 2.09. The van der Waals surface area contributed by atoms with Crippen molar-refractivity contribution in [1.29, 1.82) is 0 Å². The predicted molar refractivity (Wildman–Crippen MR) is 59.7 cm³/mol. The lowest BCUT2D eigenvalue weighted by molar-refractivity contribution is 0.0444. The Bertz CT molecular complexity index is 361. The Morgan fingerprint density at radius 2 is 1.67 bits per heavy atom. The summed E-state index contributed by atoms with van der Waals surface area (Å²) >= 11 is 0. The highest BCUT2D eigenvalue weighted by atomic mass is 19.1. The van der Waals surface area contributed by atoms with E-state index >= 15 is 0 Å². The number of aldehydes is 1. The Labute approximate surface area is 90.3 Å². The third-order valence-corrected chi connectivity index (χ3v) is 3.00. The van der Waals surface area contributed by atoms with Gasteiger partial charge in [0, 0.05) is 5.56 Å². The molecular weight excluding hydrogens is 191 g/mol. The van der Waals surface area contributed by atoms with Crippen LogP contribution in [0.15, 0.2) is 24.3 Å². The molecule has 1 nitrogen and oxygen atoms in total. The van der Waals surface area contributed by atoms with E-state index in [0.29, 0.717) is 17.4 Å². The number of rotatable bonds is 2. The van der Waals surface area contributed by atoms with Crippen LogP contribution >= 0.6 is 0 Å². The van der Waals surface area contributed by atoms with Crippen LogP contribution in [0.1, 0.15) is 43.6 Å². The van der Waals surface area contributed by atoms with Crippen LogP contribution in [0.3, 0.4) is 0 Å². The molecule has 0 aromatic heterocycles. The van der Waals surface area contributed by atoms with Crippen molar-refractivity contribution in [2.24, 2.45) is 5.41 Å². The van der Waals surface area contributed by atoms with Gasteiger partial charge in [0.25, 0.3) is 0 Å². The first-order valence-corrected chi connectivity index (χ1v) is 5.04. The number of hydrogen-bond donors (Lipinski definition) is 0. The highest BCUT2D eigenvalue weighted by molar-refractivity contribution is 5.77. The van der Waals surface area contributed by atoms with Crippen LogP contribution in [0.2, 0.25) is 0 Å². The molecule has 15 heavy (non-hydrogen) atoms. The molecule has 0 aliphatic rings. The molecule has 0 fully saturated rings. The molecule has 0 aliphatic carbocycles. The fourth-order valence-electron chi connectivity index (χ4n) is 1.43. The average Bonchev–Trinajstić information content (AvgIpc) is 2.16. The monoisotopic (exact) mass is 208 g/mol. The van der Waals surface area contributed by atoms with E-state index in [9.17, 15) is 9.18 Å². The zero-order valence-electron chi connectivity index (χ0n) is 9.67. The molecule has 0 bridgehead atoms. The Kier molecular flexibility index (Phi) is 2.98. The van der Waals surface area contributed by atoms with E-state index in [4.69, 9.17) is 0 Å². The first kappa shape index (κ1) is 11.9. The van der Waals surface area contributed by atoms with Gasteiger partial charge in [0.15, 0.2) is 0 Å². The fourth-order valence-corrected chi connectivity index (χ4v) is 1.43. The van der Waals surface area contributed by atoms with E-state index in [1.165, 1.54) is 6.92 Å². The first-order valence-electron chi connectivity index (χ1n) is 5.04. The molecule has 0 heterocycles. The maximum atomic E-state index is 14.6. The normalized spacial score (nSPS) is 15.8. The second-order valence-corrected chi connectivity index (χ2v) is 4.96. The number of hydrogen-bond acceptors (Lipinski definition) is 1. The van der Waals surface area contributed by atoms with Crippen molar-refractivity contribution >= 4 is 6.29 Å². The number of carbonyl (C=O) groups is 1. The summed E-state index contributed by atoms with van der Waals surface area (Å²) in [6.45, 7) is 7.01. The van der Waals surface area contributed by atoms with Crippen LogP contribution in [-0.2, 0) is 5.67 Å². The van der Waals surface area contributed by atoms with Crippen LogP contribution in [0.5, 0.6) is 0 Å². The largest absolute Gasteiger partial charge is 0.298 e. The van der Waals surface area contributed by atoms with E-state index < -0.39 is 11.1 Å². The zero-order chi connectivity index (χ0) is 11.7. The van der Waals surface area contributed by atoms with Gasteiger partial charge >= 0.3 is 0 Å². The molecule has 0 spiro atoms. The van der Waals surface area contributed by atoms with Gasteiger partial charge in [-0.1, -0.05) is 45.0 Å². The lowest BCUT2D eigenvalue weighted by Crippen LogP contribution is -2.33. The zero-order valence-corrected chi connectivity index (χ0v) is 9.67. The molecule has 0 amide bonds. The van der Waals surface area contributed by atoms with Crippen molar-refractivity contribution in [2.75, 3.05) is 0 Å². The molecule has 82 valence electrons. The highest BCUT2D eigenvalue weighted by Crippen LogP contribution is 2.43. The van der Waals surface area contributed by atoms with Crippen molar-refractivity contribution in [3.63, 3.8) is 0 Å². The van der Waals surface area contributed by atoms with Crippen LogP contribution in [0, 0.1) is 5.41 Å². The van der Waals surface area contributed by atoms with Crippen molar-refractivity contribution in [2.45, 2.75) is 33.4 Å². The Balaban J connectivity index is 3.32. The smallest absolute Gasteiger partial charge is 0.150 e. The van der Waals surface area contributed by atoms with Gasteiger partial charge in [-0.3, -0.25) is 4.79 Å². The summed E-state index contributed by atoms with van der Waals surface area (Å²) in [4.78, 5) is 10.8. The minimum atomic E-state index is -1.51. The molecule has 1 aromatic carbocycles. The molecule has 0 N–H and O–H groups in total. The van der Waals surface area contributed by atoms with Crippen LogP contribution in [0.25, 0.3) is 0 Å². The highest BCUT2D eigenvalue weighted by Gasteiger charge is 2.40. The Morgan fingerprint density at radius 1 is 1.13 bits per heavy atom. The number of benzene rings is 1. The first-order chi connectivity index (χ1) is 6.80. The summed E-state index contributed by atoms with van der Waals surface area (Å²) in [6, 6.07) is 6.82.